The third-order valence-corrected chi connectivity index (χ3v) is 1.64. The summed E-state index contributed by atoms with van der Waals surface area (Å²) in [6.07, 6.45) is 0. The lowest BCUT2D eigenvalue weighted by Crippen LogP contribution is -2.11. The Morgan fingerprint density at radius 3 is 2.67 bits per heavy atom. The van der Waals surface area contributed by atoms with Crippen molar-refractivity contribution in [3.63, 3.8) is 0 Å². The van der Waals surface area contributed by atoms with Crippen molar-refractivity contribution in [2.24, 2.45) is 0 Å². The molecule has 0 amide bonds. The van der Waals surface area contributed by atoms with E-state index in [-0.39, 0.29) is 10.9 Å². The molecule has 1 rings (SSSR count). The number of pyridine rings is 1. The van der Waals surface area contributed by atoms with Crippen LogP contribution in [0.4, 0.5) is 0 Å². The fourth-order valence-corrected chi connectivity index (χ4v) is 1.05. The van der Waals surface area contributed by atoms with Crippen molar-refractivity contribution in [1.82, 2.24) is 9.88 Å². The molecular formula is C8H11ClN2O. The van der Waals surface area contributed by atoms with E-state index < -0.39 is 0 Å². The van der Waals surface area contributed by atoms with E-state index in [0.29, 0.717) is 0 Å². The predicted molar refractivity (Wildman–Crippen MR) is 48.3 cm³/mol. The minimum atomic E-state index is 0.0270. The van der Waals surface area contributed by atoms with Crippen LogP contribution in [-0.2, 0) is 6.54 Å². The van der Waals surface area contributed by atoms with Crippen LogP contribution in [0.3, 0.4) is 0 Å². The van der Waals surface area contributed by atoms with E-state index in [1.807, 2.05) is 19.0 Å². The van der Waals surface area contributed by atoms with Gasteiger partial charge >= 0.3 is 0 Å². The number of rotatable bonds is 2. The summed E-state index contributed by atoms with van der Waals surface area (Å²) in [4.78, 5) is 5.97. The molecule has 0 bridgehead atoms. The maximum Gasteiger partial charge on any atom is 0.171 e. The van der Waals surface area contributed by atoms with Crippen molar-refractivity contribution in [3.8, 4) is 5.75 Å². The Balaban J connectivity index is 2.82. The fraction of sp³-hybridized carbons (Fsp3) is 0.375. The number of nitrogens with zero attached hydrogens (tertiary/aromatic N) is 2. The maximum absolute atomic E-state index is 9.07. The topological polar surface area (TPSA) is 36.4 Å². The van der Waals surface area contributed by atoms with Crippen LogP contribution in [0.1, 0.15) is 5.69 Å². The molecule has 1 heterocycles. The van der Waals surface area contributed by atoms with Crippen molar-refractivity contribution < 1.29 is 5.11 Å². The molecule has 0 fully saturated rings. The van der Waals surface area contributed by atoms with Gasteiger partial charge < -0.3 is 10.0 Å². The van der Waals surface area contributed by atoms with Crippen LogP contribution >= 0.6 is 11.6 Å². The van der Waals surface area contributed by atoms with Crippen LogP contribution in [0, 0.1) is 0 Å². The Hall–Kier alpha value is -0.800. The second kappa shape index (κ2) is 3.74. The zero-order chi connectivity index (χ0) is 9.14. The molecule has 66 valence electrons. The average Bonchev–Trinajstić information content (AvgIpc) is 1.96. The maximum atomic E-state index is 9.07. The largest absolute Gasteiger partial charge is 0.505 e. The molecule has 0 aromatic carbocycles. The van der Waals surface area contributed by atoms with Crippen LogP contribution in [0.15, 0.2) is 12.1 Å². The highest BCUT2D eigenvalue weighted by molar-refractivity contribution is 6.30. The second-order valence-corrected chi connectivity index (χ2v) is 3.21. The lowest BCUT2D eigenvalue weighted by Gasteiger charge is -2.08. The third-order valence-electron chi connectivity index (χ3n) is 1.36. The van der Waals surface area contributed by atoms with Crippen LogP contribution in [0.2, 0.25) is 5.15 Å². The smallest absolute Gasteiger partial charge is 0.171 e. The van der Waals surface area contributed by atoms with E-state index in [0.717, 1.165) is 12.2 Å². The number of halogens is 1. The standard InChI is InChI=1S/C8H11ClN2O/c1-11(2)5-6-3-4-7(12)8(9)10-6/h3-4,12H,5H2,1-2H3. The molecule has 4 heteroatoms. The highest BCUT2D eigenvalue weighted by Gasteiger charge is 2.01. The molecular weight excluding hydrogens is 176 g/mol. The van der Waals surface area contributed by atoms with Gasteiger partial charge in [-0.1, -0.05) is 11.6 Å². The Morgan fingerprint density at radius 1 is 1.50 bits per heavy atom. The van der Waals surface area contributed by atoms with Crippen molar-refractivity contribution >= 4 is 11.6 Å². The van der Waals surface area contributed by atoms with Crippen molar-refractivity contribution in [1.29, 1.82) is 0 Å². The third kappa shape index (κ3) is 2.36. The molecule has 1 aromatic heterocycles. The first-order valence-electron chi connectivity index (χ1n) is 3.58. The summed E-state index contributed by atoms with van der Waals surface area (Å²) in [5, 5.41) is 9.23. The van der Waals surface area contributed by atoms with E-state index >= 15 is 0 Å². The van der Waals surface area contributed by atoms with Gasteiger partial charge in [-0.05, 0) is 26.2 Å². The number of hydrogen-bond acceptors (Lipinski definition) is 3. The fourth-order valence-electron chi connectivity index (χ4n) is 0.877. The highest BCUT2D eigenvalue weighted by Crippen LogP contribution is 2.19. The predicted octanol–water partition coefficient (Wildman–Crippen LogP) is 1.50. The Labute approximate surface area is 76.6 Å². The minimum absolute atomic E-state index is 0.0270. The van der Waals surface area contributed by atoms with Gasteiger partial charge in [-0.3, -0.25) is 0 Å². The van der Waals surface area contributed by atoms with Gasteiger partial charge in [0.2, 0.25) is 0 Å². The molecule has 0 saturated carbocycles. The van der Waals surface area contributed by atoms with Gasteiger partial charge in [0.25, 0.3) is 0 Å². The Morgan fingerprint density at radius 2 is 2.17 bits per heavy atom. The molecule has 0 unspecified atom stereocenters. The van der Waals surface area contributed by atoms with E-state index in [1.165, 1.54) is 0 Å². The van der Waals surface area contributed by atoms with Gasteiger partial charge in [0.05, 0.1) is 5.69 Å². The quantitative estimate of drug-likeness (QED) is 0.712. The SMILES string of the molecule is CN(C)Cc1ccc(O)c(Cl)n1. The van der Waals surface area contributed by atoms with Gasteiger partial charge in [-0.15, -0.1) is 0 Å². The molecule has 0 aliphatic carbocycles. The van der Waals surface area contributed by atoms with Gasteiger partial charge in [0.15, 0.2) is 10.9 Å². The van der Waals surface area contributed by atoms with Crippen LogP contribution in [0.5, 0.6) is 5.75 Å². The lowest BCUT2D eigenvalue weighted by atomic mass is 10.3. The lowest BCUT2D eigenvalue weighted by molar-refractivity contribution is 0.395. The molecule has 1 aromatic rings. The first kappa shape index (κ1) is 9.29. The molecule has 0 atom stereocenters. The van der Waals surface area contributed by atoms with E-state index in [9.17, 15) is 0 Å². The van der Waals surface area contributed by atoms with E-state index in [2.05, 4.69) is 4.98 Å². The van der Waals surface area contributed by atoms with E-state index in [4.69, 9.17) is 16.7 Å². The van der Waals surface area contributed by atoms with Crippen molar-refractivity contribution in [3.05, 3.63) is 23.0 Å². The molecule has 1 N–H and O–H groups in total. The monoisotopic (exact) mass is 186 g/mol. The number of aromatic hydroxyl groups is 1. The summed E-state index contributed by atoms with van der Waals surface area (Å²) >= 11 is 5.62. The molecule has 0 spiro atoms. The summed E-state index contributed by atoms with van der Waals surface area (Å²) in [5.74, 6) is 0.0270. The van der Waals surface area contributed by atoms with Gasteiger partial charge in [0, 0.05) is 6.54 Å². The van der Waals surface area contributed by atoms with Crippen molar-refractivity contribution in [2.75, 3.05) is 14.1 Å². The highest BCUT2D eigenvalue weighted by atomic mass is 35.5. The molecule has 12 heavy (non-hydrogen) atoms. The molecule has 0 aliphatic rings. The van der Waals surface area contributed by atoms with Gasteiger partial charge in [0.1, 0.15) is 0 Å². The first-order valence-corrected chi connectivity index (χ1v) is 3.96. The minimum Gasteiger partial charge on any atom is -0.505 e. The molecule has 3 nitrogen and oxygen atoms in total. The Bertz CT molecular complexity index is 276. The number of hydrogen-bond donors (Lipinski definition) is 1. The summed E-state index contributed by atoms with van der Waals surface area (Å²) in [6, 6.07) is 3.30. The van der Waals surface area contributed by atoms with Gasteiger partial charge in [-0.2, -0.15) is 0 Å². The summed E-state index contributed by atoms with van der Waals surface area (Å²) in [7, 11) is 3.89. The second-order valence-electron chi connectivity index (χ2n) is 2.85. The van der Waals surface area contributed by atoms with Crippen LogP contribution < -0.4 is 0 Å². The van der Waals surface area contributed by atoms with Crippen molar-refractivity contribution in [2.45, 2.75) is 6.54 Å². The average molecular weight is 187 g/mol. The summed E-state index contributed by atoms with van der Waals surface area (Å²) in [5.41, 5.74) is 0.850. The normalized spacial score (nSPS) is 10.7. The Kier molecular flexibility index (Phi) is 2.89. The molecule has 0 aliphatic heterocycles. The van der Waals surface area contributed by atoms with Gasteiger partial charge in [-0.25, -0.2) is 4.98 Å². The summed E-state index contributed by atoms with van der Waals surface area (Å²) < 4.78 is 0. The molecule has 0 saturated heterocycles. The first-order chi connectivity index (χ1) is 5.59. The zero-order valence-corrected chi connectivity index (χ0v) is 7.84. The molecule has 0 radical (unpaired) electrons. The van der Waals surface area contributed by atoms with Crippen LogP contribution in [0.25, 0.3) is 0 Å². The van der Waals surface area contributed by atoms with E-state index in [1.54, 1.807) is 12.1 Å². The number of aromatic nitrogens is 1. The summed E-state index contributed by atoms with van der Waals surface area (Å²) in [6.45, 7) is 0.722. The van der Waals surface area contributed by atoms with Crippen LogP contribution in [-0.4, -0.2) is 29.1 Å². The zero-order valence-electron chi connectivity index (χ0n) is 7.08.